The van der Waals surface area contributed by atoms with E-state index in [4.69, 9.17) is 0 Å². The minimum absolute atomic E-state index is 0.598. The summed E-state index contributed by atoms with van der Waals surface area (Å²) in [5.41, 5.74) is 2.68. The largest absolute Gasteiger partial charge is 0.384 e. The van der Waals surface area contributed by atoms with E-state index in [1.54, 1.807) is 17.5 Å². The van der Waals surface area contributed by atoms with Crippen molar-refractivity contribution >= 4 is 38.2 Å². The molecule has 1 N–H and O–H groups in total. The highest BCUT2D eigenvalue weighted by atomic mass is 79.9. The number of hydrogen-bond donors (Lipinski definition) is 1. The van der Waals surface area contributed by atoms with Crippen LogP contribution in [-0.2, 0) is 0 Å². The van der Waals surface area contributed by atoms with Crippen LogP contribution in [-0.4, -0.2) is 10.1 Å². The van der Waals surface area contributed by atoms with Gasteiger partial charge in [0, 0.05) is 11.6 Å². The van der Waals surface area contributed by atoms with Crippen molar-refractivity contribution < 1.29 is 5.11 Å². The monoisotopic (exact) mass is 319 g/mol. The molecule has 1 aromatic carbocycles. The molecule has 1 unspecified atom stereocenters. The molecule has 0 fully saturated rings. The van der Waals surface area contributed by atoms with Gasteiger partial charge < -0.3 is 5.11 Å². The maximum Gasteiger partial charge on any atom is 0.105 e. The van der Waals surface area contributed by atoms with Crippen molar-refractivity contribution in [2.24, 2.45) is 0 Å². The molecule has 0 aliphatic rings. The zero-order valence-electron chi connectivity index (χ0n) is 9.38. The van der Waals surface area contributed by atoms with Gasteiger partial charge in [0.05, 0.1) is 9.30 Å². The molecule has 0 spiro atoms. The number of halogens is 1. The lowest BCUT2D eigenvalue weighted by molar-refractivity contribution is 0.221. The minimum Gasteiger partial charge on any atom is -0.384 e. The molecule has 4 heteroatoms. The van der Waals surface area contributed by atoms with Crippen molar-refractivity contribution in [3.05, 3.63) is 62.9 Å². The van der Waals surface area contributed by atoms with E-state index in [1.165, 1.54) is 0 Å². The molecule has 0 aliphatic carbocycles. The maximum absolute atomic E-state index is 10.3. The SMILES string of the molecule is OC(c1csc(Br)c1)c1ccc2cccnc2c1. The Labute approximate surface area is 117 Å². The summed E-state index contributed by atoms with van der Waals surface area (Å²) < 4.78 is 1.02. The van der Waals surface area contributed by atoms with E-state index in [2.05, 4.69) is 20.9 Å². The highest BCUT2D eigenvalue weighted by molar-refractivity contribution is 9.11. The Morgan fingerprint density at radius 2 is 2.06 bits per heavy atom. The molecule has 0 aliphatic heterocycles. The van der Waals surface area contributed by atoms with E-state index in [9.17, 15) is 5.11 Å². The Morgan fingerprint density at radius 1 is 1.17 bits per heavy atom. The smallest absolute Gasteiger partial charge is 0.105 e. The zero-order chi connectivity index (χ0) is 12.5. The molecule has 0 bridgehead atoms. The van der Waals surface area contributed by atoms with Crippen molar-refractivity contribution in [3.8, 4) is 0 Å². The first-order valence-corrected chi connectivity index (χ1v) is 7.18. The third-order valence-electron chi connectivity index (χ3n) is 2.85. The van der Waals surface area contributed by atoms with Gasteiger partial charge in [-0.2, -0.15) is 0 Å². The molecule has 18 heavy (non-hydrogen) atoms. The highest BCUT2D eigenvalue weighted by Gasteiger charge is 2.12. The Morgan fingerprint density at radius 3 is 2.83 bits per heavy atom. The van der Waals surface area contributed by atoms with E-state index < -0.39 is 6.10 Å². The van der Waals surface area contributed by atoms with Crippen molar-refractivity contribution in [3.63, 3.8) is 0 Å². The summed E-state index contributed by atoms with van der Waals surface area (Å²) >= 11 is 4.98. The molecule has 1 atom stereocenters. The fourth-order valence-electron chi connectivity index (χ4n) is 1.91. The summed E-state index contributed by atoms with van der Waals surface area (Å²) in [6, 6.07) is 11.7. The van der Waals surface area contributed by atoms with Crippen LogP contribution in [0, 0.1) is 0 Å². The normalized spacial score (nSPS) is 12.8. The molecule has 2 heterocycles. The lowest BCUT2D eigenvalue weighted by atomic mass is 10.0. The number of benzene rings is 1. The van der Waals surface area contributed by atoms with Crippen LogP contribution in [0.4, 0.5) is 0 Å². The Bertz CT molecular complexity index is 695. The molecular weight excluding hydrogens is 310 g/mol. The van der Waals surface area contributed by atoms with Crippen LogP contribution in [0.3, 0.4) is 0 Å². The van der Waals surface area contributed by atoms with Gasteiger partial charge in [-0.3, -0.25) is 4.98 Å². The topological polar surface area (TPSA) is 33.1 Å². The summed E-state index contributed by atoms with van der Waals surface area (Å²) in [4.78, 5) is 4.31. The molecule has 90 valence electrons. The van der Waals surface area contributed by atoms with Gasteiger partial charge in [-0.1, -0.05) is 18.2 Å². The molecule has 3 rings (SSSR count). The number of fused-ring (bicyclic) bond motifs is 1. The van der Waals surface area contributed by atoms with Crippen LogP contribution in [0.5, 0.6) is 0 Å². The summed E-state index contributed by atoms with van der Waals surface area (Å²) in [5, 5.41) is 13.4. The highest BCUT2D eigenvalue weighted by Crippen LogP contribution is 2.30. The second-order valence-electron chi connectivity index (χ2n) is 4.04. The van der Waals surface area contributed by atoms with E-state index in [1.807, 2.05) is 41.8 Å². The van der Waals surface area contributed by atoms with E-state index in [-0.39, 0.29) is 0 Å². The fraction of sp³-hybridized carbons (Fsp3) is 0.0714. The van der Waals surface area contributed by atoms with Gasteiger partial charge >= 0.3 is 0 Å². The summed E-state index contributed by atoms with van der Waals surface area (Å²) in [5.74, 6) is 0. The average Bonchev–Trinajstić information content (AvgIpc) is 2.84. The van der Waals surface area contributed by atoms with Crippen LogP contribution >= 0.6 is 27.3 Å². The Balaban J connectivity index is 2.03. The number of aliphatic hydroxyl groups is 1. The van der Waals surface area contributed by atoms with Gasteiger partial charge in [-0.05, 0) is 50.6 Å². The second kappa shape index (κ2) is 4.80. The molecule has 0 saturated carbocycles. The van der Waals surface area contributed by atoms with Crippen LogP contribution in [0.2, 0.25) is 0 Å². The van der Waals surface area contributed by atoms with E-state index in [0.29, 0.717) is 0 Å². The molecule has 3 aromatic rings. The first-order chi connectivity index (χ1) is 8.74. The average molecular weight is 320 g/mol. The Hall–Kier alpha value is -1.23. The standard InChI is InChI=1S/C14H10BrNOS/c15-13-7-11(8-18-13)14(17)10-4-3-9-2-1-5-16-12(9)6-10/h1-8,14,17H. The minimum atomic E-state index is -0.598. The quantitative estimate of drug-likeness (QED) is 0.770. The van der Waals surface area contributed by atoms with Gasteiger partial charge in [0.25, 0.3) is 0 Å². The third-order valence-corrected chi connectivity index (χ3v) is 4.37. The van der Waals surface area contributed by atoms with E-state index in [0.717, 1.165) is 25.8 Å². The van der Waals surface area contributed by atoms with Gasteiger partial charge in [0.1, 0.15) is 6.10 Å². The molecule has 0 amide bonds. The third kappa shape index (κ3) is 2.19. The molecule has 0 radical (unpaired) electrons. The first kappa shape index (κ1) is 11.8. The lowest BCUT2D eigenvalue weighted by Gasteiger charge is -2.09. The van der Waals surface area contributed by atoms with Crippen molar-refractivity contribution in [1.29, 1.82) is 0 Å². The van der Waals surface area contributed by atoms with Crippen LogP contribution in [0.15, 0.2) is 51.8 Å². The number of thiophene rings is 1. The summed E-state index contributed by atoms with van der Waals surface area (Å²) in [6.07, 6.45) is 1.17. The molecule has 0 saturated heterocycles. The van der Waals surface area contributed by atoms with Crippen molar-refractivity contribution in [2.75, 3.05) is 0 Å². The van der Waals surface area contributed by atoms with Gasteiger partial charge in [0.2, 0.25) is 0 Å². The number of aliphatic hydroxyl groups excluding tert-OH is 1. The van der Waals surface area contributed by atoms with Crippen molar-refractivity contribution in [1.82, 2.24) is 4.98 Å². The van der Waals surface area contributed by atoms with Crippen LogP contribution in [0.1, 0.15) is 17.2 Å². The van der Waals surface area contributed by atoms with Gasteiger partial charge in [-0.25, -0.2) is 0 Å². The first-order valence-electron chi connectivity index (χ1n) is 5.51. The summed E-state index contributed by atoms with van der Waals surface area (Å²) in [7, 11) is 0. The van der Waals surface area contributed by atoms with Crippen molar-refractivity contribution in [2.45, 2.75) is 6.10 Å². The predicted molar refractivity (Wildman–Crippen MR) is 77.8 cm³/mol. The number of nitrogens with zero attached hydrogens (tertiary/aromatic N) is 1. The molecule has 2 nitrogen and oxygen atoms in total. The number of hydrogen-bond acceptors (Lipinski definition) is 3. The van der Waals surface area contributed by atoms with E-state index >= 15 is 0 Å². The molecular formula is C14H10BrNOS. The predicted octanol–water partition coefficient (Wildman–Crippen LogP) is 4.14. The zero-order valence-corrected chi connectivity index (χ0v) is 11.8. The van der Waals surface area contributed by atoms with Crippen LogP contribution < -0.4 is 0 Å². The fourth-order valence-corrected chi connectivity index (χ4v) is 3.11. The number of aromatic nitrogens is 1. The van der Waals surface area contributed by atoms with Gasteiger partial charge in [-0.15, -0.1) is 11.3 Å². The summed E-state index contributed by atoms with van der Waals surface area (Å²) in [6.45, 7) is 0. The number of pyridine rings is 1. The van der Waals surface area contributed by atoms with Gasteiger partial charge in [0.15, 0.2) is 0 Å². The second-order valence-corrected chi connectivity index (χ2v) is 6.33. The lowest BCUT2D eigenvalue weighted by Crippen LogP contribution is -1.97. The number of rotatable bonds is 2. The maximum atomic E-state index is 10.3. The van der Waals surface area contributed by atoms with Crippen LogP contribution in [0.25, 0.3) is 10.9 Å². The molecule has 2 aromatic heterocycles. The Kier molecular flexibility index (Phi) is 3.16.